The number of aromatic nitrogens is 4. The standard InChI is InChI=1S/C25H23N5O2/c1-2-32-22-9-7-8-19(14-22)25(31)28(17-20-15-26-23-10-3-5-12-29(20)23)18-21-16-27-24-11-4-6-13-30(21)24/h3-16H,2,17-18H2,1H3. The molecule has 0 aliphatic rings. The molecule has 0 saturated carbocycles. The summed E-state index contributed by atoms with van der Waals surface area (Å²) >= 11 is 0. The van der Waals surface area contributed by atoms with Gasteiger partial charge in [-0.25, -0.2) is 9.97 Å². The Balaban J connectivity index is 1.52. The van der Waals surface area contributed by atoms with Crippen LogP contribution in [0.3, 0.4) is 0 Å². The molecule has 0 aliphatic carbocycles. The fourth-order valence-electron chi connectivity index (χ4n) is 3.86. The molecule has 1 aromatic carbocycles. The Kier molecular flexibility index (Phi) is 5.29. The van der Waals surface area contributed by atoms with E-state index in [1.165, 1.54) is 0 Å². The van der Waals surface area contributed by atoms with Gasteiger partial charge < -0.3 is 18.4 Å². The third kappa shape index (κ3) is 3.80. The number of carbonyl (C=O) groups is 1. The second kappa shape index (κ2) is 8.55. The van der Waals surface area contributed by atoms with Crippen LogP contribution in [0.25, 0.3) is 11.3 Å². The SMILES string of the molecule is CCOc1cccc(C(=O)N(Cc2cnc3ccccn23)Cc2cnc3ccccn23)c1. The zero-order chi connectivity index (χ0) is 21.9. The van der Waals surface area contributed by atoms with Crippen LogP contribution in [0, 0.1) is 0 Å². The fourth-order valence-corrected chi connectivity index (χ4v) is 3.86. The van der Waals surface area contributed by atoms with Gasteiger partial charge in [-0.15, -0.1) is 0 Å². The first-order valence-electron chi connectivity index (χ1n) is 10.6. The Labute approximate surface area is 185 Å². The summed E-state index contributed by atoms with van der Waals surface area (Å²) < 4.78 is 9.62. The number of carbonyl (C=O) groups excluding carboxylic acids is 1. The maximum absolute atomic E-state index is 13.6. The first-order chi connectivity index (χ1) is 15.7. The maximum Gasteiger partial charge on any atom is 0.254 e. The van der Waals surface area contributed by atoms with Crippen molar-refractivity contribution in [3.63, 3.8) is 0 Å². The normalized spacial score (nSPS) is 11.2. The summed E-state index contributed by atoms with van der Waals surface area (Å²) in [5, 5.41) is 0. The molecule has 0 bridgehead atoms. The fraction of sp³-hybridized carbons (Fsp3) is 0.160. The van der Waals surface area contributed by atoms with Gasteiger partial charge in [0.15, 0.2) is 0 Å². The number of imidazole rings is 2. The maximum atomic E-state index is 13.6. The molecule has 4 aromatic heterocycles. The molecule has 4 heterocycles. The van der Waals surface area contributed by atoms with Crippen molar-refractivity contribution in [2.75, 3.05) is 6.61 Å². The summed E-state index contributed by atoms with van der Waals surface area (Å²) in [5.74, 6) is 0.603. The minimum atomic E-state index is -0.0803. The molecule has 0 atom stereocenters. The minimum Gasteiger partial charge on any atom is -0.494 e. The smallest absolute Gasteiger partial charge is 0.254 e. The van der Waals surface area contributed by atoms with Crippen LogP contribution in [0.5, 0.6) is 5.75 Å². The Morgan fingerprint density at radius 2 is 1.50 bits per heavy atom. The van der Waals surface area contributed by atoms with E-state index in [9.17, 15) is 4.79 Å². The van der Waals surface area contributed by atoms with E-state index in [-0.39, 0.29) is 5.91 Å². The van der Waals surface area contributed by atoms with Crippen LogP contribution in [0.1, 0.15) is 28.7 Å². The number of hydrogen-bond acceptors (Lipinski definition) is 4. The lowest BCUT2D eigenvalue weighted by atomic mass is 10.1. The van der Waals surface area contributed by atoms with Crippen molar-refractivity contribution in [3.8, 4) is 5.75 Å². The number of benzene rings is 1. The molecule has 0 spiro atoms. The first-order valence-corrected chi connectivity index (χ1v) is 10.6. The van der Waals surface area contributed by atoms with Gasteiger partial charge in [-0.3, -0.25) is 4.79 Å². The van der Waals surface area contributed by atoms with E-state index < -0.39 is 0 Å². The van der Waals surface area contributed by atoms with E-state index >= 15 is 0 Å². The largest absolute Gasteiger partial charge is 0.494 e. The van der Waals surface area contributed by atoms with Crippen molar-refractivity contribution in [2.45, 2.75) is 20.0 Å². The van der Waals surface area contributed by atoms with E-state index in [1.54, 1.807) is 6.07 Å². The summed E-state index contributed by atoms with van der Waals surface area (Å²) in [5.41, 5.74) is 4.15. The molecule has 0 fully saturated rings. The highest BCUT2D eigenvalue weighted by atomic mass is 16.5. The number of fused-ring (bicyclic) bond motifs is 2. The molecule has 5 rings (SSSR count). The first kappa shape index (κ1) is 19.8. The molecule has 1 amide bonds. The van der Waals surface area contributed by atoms with Crippen molar-refractivity contribution in [1.29, 1.82) is 0 Å². The van der Waals surface area contributed by atoms with Gasteiger partial charge in [0, 0.05) is 18.0 Å². The van der Waals surface area contributed by atoms with Gasteiger partial charge in [0.1, 0.15) is 17.0 Å². The number of pyridine rings is 2. The van der Waals surface area contributed by atoms with E-state index in [0.717, 1.165) is 22.7 Å². The second-order valence-corrected chi connectivity index (χ2v) is 7.48. The average molecular weight is 425 g/mol. The van der Waals surface area contributed by atoms with Crippen LogP contribution in [-0.4, -0.2) is 36.2 Å². The van der Waals surface area contributed by atoms with Gasteiger partial charge in [0.2, 0.25) is 0 Å². The van der Waals surface area contributed by atoms with Crippen molar-refractivity contribution < 1.29 is 9.53 Å². The summed E-state index contributed by atoms with van der Waals surface area (Å²) in [7, 11) is 0. The molecule has 0 saturated heterocycles. The predicted octanol–water partition coefficient (Wildman–Crippen LogP) is 4.22. The van der Waals surface area contributed by atoms with Gasteiger partial charge in [0.25, 0.3) is 5.91 Å². The van der Waals surface area contributed by atoms with Gasteiger partial charge >= 0.3 is 0 Å². The molecule has 32 heavy (non-hydrogen) atoms. The Bertz CT molecular complexity index is 1310. The van der Waals surface area contributed by atoms with Crippen LogP contribution in [0.4, 0.5) is 0 Å². The van der Waals surface area contributed by atoms with Crippen LogP contribution in [0.2, 0.25) is 0 Å². The lowest BCUT2D eigenvalue weighted by Crippen LogP contribution is -2.31. The number of amides is 1. The minimum absolute atomic E-state index is 0.0803. The lowest BCUT2D eigenvalue weighted by Gasteiger charge is -2.23. The van der Waals surface area contributed by atoms with Crippen LogP contribution < -0.4 is 4.74 Å². The molecule has 7 heteroatoms. The topological polar surface area (TPSA) is 64.1 Å². The molecule has 7 nitrogen and oxygen atoms in total. The summed E-state index contributed by atoms with van der Waals surface area (Å²) in [6.45, 7) is 3.28. The molecular weight excluding hydrogens is 402 g/mol. The second-order valence-electron chi connectivity index (χ2n) is 7.48. The highest BCUT2D eigenvalue weighted by molar-refractivity contribution is 5.94. The van der Waals surface area contributed by atoms with E-state index in [1.807, 2.05) is 100 Å². The molecule has 0 aliphatic heterocycles. The quantitative estimate of drug-likeness (QED) is 0.392. The number of nitrogens with zero attached hydrogens (tertiary/aromatic N) is 5. The van der Waals surface area contributed by atoms with E-state index in [4.69, 9.17) is 4.74 Å². The monoisotopic (exact) mass is 425 g/mol. The average Bonchev–Trinajstić information content (AvgIpc) is 3.43. The molecule has 0 N–H and O–H groups in total. The van der Waals surface area contributed by atoms with E-state index in [0.29, 0.717) is 31.0 Å². The molecule has 0 radical (unpaired) electrons. The van der Waals surface area contributed by atoms with Crippen LogP contribution in [0.15, 0.2) is 85.5 Å². The molecule has 160 valence electrons. The Hall–Kier alpha value is -4.13. The highest BCUT2D eigenvalue weighted by Crippen LogP contribution is 2.19. The van der Waals surface area contributed by atoms with Crippen molar-refractivity contribution in [1.82, 2.24) is 23.7 Å². The van der Waals surface area contributed by atoms with Crippen molar-refractivity contribution in [2.24, 2.45) is 0 Å². The van der Waals surface area contributed by atoms with Gasteiger partial charge in [0.05, 0.1) is 43.5 Å². The molecular formula is C25H23N5O2. The Morgan fingerprint density at radius 1 is 0.875 bits per heavy atom. The summed E-state index contributed by atoms with van der Waals surface area (Å²) in [6.07, 6.45) is 7.57. The summed E-state index contributed by atoms with van der Waals surface area (Å²) in [6, 6.07) is 19.0. The van der Waals surface area contributed by atoms with Gasteiger partial charge in [-0.2, -0.15) is 0 Å². The number of ether oxygens (including phenoxy) is 1. The summed E-state index contributed by atoms with van der Waals surface area (Å²) in [4.78, 5) is 24.4. The number of hydrogen-bond donors (Lipinski definition) is 0. The number of rotatable bonds is 7. The third-order valence-electron chi connectivity index (χ3n) is 5.37. The highest BCUT2D eigenvalue weighted by Gasteiger charge is 2.20. The van der Waals surface area contributed by atoms with Gasteiger partial charge in [-0.1, -0.05) is 18.2 Å². The lowest BCUT2D eigenvalue weighted by molar-refractivity contribution is 0.0724. The molecule has 0 unspecified atom stereocenters. The predicted molar refractivity (Wildman–Crippen MR) is 122 cm³/mol. The van der Waals surface area contributed by atoms with Crippen LogP contribution in [-0.2, 0) is 13.1 Å². The Morgan fingerprint density at radius 3 is 2.09 bits per heavy atom. The van der Waals surface area contributed by atoms with Crippen LogP contribution >= 0.6 is 0 Å². The van der Waals surface area contributed by atoms with Crippen molar-refractivity contribution in [3.05, 3.63) is 102 Å². The molecule has 5 aromatic rings. The zero-order valence-electron chi connectivity index (χ0n) is 17.8. The van der Waals surface area contributed by atoms with Crippen molar-refractivity contribution >= 4 is 17.2 Å². The zero-order valence-corrected chi connectivity index (χ0v) is 17.8. The van der Waals surface area contributed by atoms with E-state index in [2.05, 4.69) is 9.97 Å². The van der Waals surface area contributed by atoms with Gasteiger partial charge in [-0.05, 0) is 49.4 Å². The third-order valence-corrected chi connectivity index (χ3v) is 5.37.